The summed E-state index contributed by atoms with van der Waals surface area (Å²) in [5, 5.41) is 3.25. The van der Waals surface area contributed by atoms with Gasteiger partial charge in [0.1, 0.15) is 0 Å². The lowest BCUT2D eigenvalue weighted by molar-refractivity contribution is -0.137. The monoisotopic (exact) mass is 494 g/mol. The number of nitrogens with zero attached hydrogens (tertiary/aromatic N) is 3. The van der Waals surface area contributed by atoms with Crippen LogP contribution in [0.2, 0.25) is 0 Å². The number of aryl methyl sites for hydroxylation is 1. The second kappa shape index (κ2) is 11.0. The molecule has 0 spiro atoms. The first-order chi connectivity index (χ1) is 17.2. The van der Waals surface area contributed by atoms with E-state index < -0.39 is 11.7 Å². The third-order valence-corrected chi connectivity index (χ3v) is 5.67. The van der Waals surface area contributed by atoms with Crippen molar-refractivity contribution in [1.82, 2.24) is 9.97 Å². The van der Waals surface area contributed by atoms with Gasteiger partial charge in [-0.1, -0.05) is 26.0 Å². The van der Waals surface area contributed by atoms with Crippen LogP contribution in [-0.2, 0) is 23.8 Å². The number of ether oxygens (including phenoxy) is 1. The molecule has 5 nitrogen and oxygen atoms in total. The Bertz CT molecular complexity index is 1260. The molecule has 1 N–H and O–H groups in total. The standard InChI is InChI=1S/C28H29F3N4O/c1-18(2)16-36-17-25-14-24(33-22-10-7-21(8-11-22)28(29,30)31)13-20-6-9-23(34-27(20)35-25)15-26-19(3)5-4-12-32-26/h4-12,14,18,33H,13,15-17H2,1-3H3. The Labute approximate surface area is 209 Å². The van der Waals surface area contributed by atoms with Gasteiger partial charge < -0.3 is 10.1 Å². The lowest BCUT2D eigenvalue weighted by Crippen LogP contribution is -2.12. The van der Waals surface area contributed by atoms with E-state index in [1.807, 2.05) is 37.3 Å². The number of pyridine rings is 2. The van der Waals surface area contributed by atoms with Crippen molar-refractivity contribution in [2.75, 3.05) is 18.5 Å². The van der Waals surface area contributed by atoms with Crippen LogP contribution in [0.5, 0.6) is 0 Å². The zero-order valence-electron chi connectivity index (χ0n) is 20.6. The summed E-state index contributed by atoms with van der Waals surface area (Å²) in [5.74, 6) is 0.994. The summed E-state index contributed by atoms with van der Waals surface area (Å²) in [7, 11) is 0. The van der Waals surface area contributed by atoms with Crippen LogP contribution in [0.1, 0.15) is 41.9 Å². The number of allylic oxidation sites excluding steroid dienone is 1. The molecule has 0 radical (unpaired) electrons. The number of halogens is 3. The molecule has 0 atom stereocenters. The molecule has 0 amide bonds. The number of hydrogen-bond donors (Lipinski definition) is 1. The molecule has 1 aliphatic heterocycles. The van der Waals surface area contributed by atoms with Gasteiger partial charge in [0.25, 0.3) is 0 Å². The highest BCUT2D eigenvalue weighted by Gasteiger charge is 2.30. The summed E-state index contributed by atoms with van der Waals surface area (Å²) in [6.07, 6.45) is 0.394. The first-order valence-corrected chi connectivity index (χ1v) is 11.9. The summed E-state index contributed by atoms with van der Waals surface area (Å²) in [6, 6.07) is 12.9. The van der Waals surface area contributed by atoms with E-state index in [-0.39, 0.29) is 0 Å². The second-order valence-electron chi connectivity index (χ2n) is 9.29. The third kappa shape index (κ3) is 6.79. The molecule has 0 aliphatic carbocycles. The molecule has 3 heterocycles. The van der Waals surface area contributed by atoms with Crippen molar-refractivity contribution >= 4 is 17.2 Å². The van der Waals surface area contributed by atoms with Crippen LogP contribution < -0.4 is 5.32 Å². The highest BCUT2D eigenvalue weighted by molar-refractivity contribution is 5.99. The molecule has 36 heavy (non-hydrogen) atoms. The molecule has 2 aromatic heterocycles. The van der Waals surface area contributed by atoms with Gasteiger partial charge in [-0.25, -0.2) is 9.98 Å². The molecule has 0 fully saturated rings. The molecule has 8 heteroatoms. The molecule has 0 bridgehead atoms. The maximum absolute atomic E-state index is 12.9. The number of benzene rings is 1. The van der Waals surface area contributed by atoms with E-state index in [9.17, 15) is 13.2 Å². The second-order valence-corrected chi connectivity index (χ2v) is 9.29. The number of nitrogens with one attached hydrogen (secondary N) is 1. The van der Waals surface area contributed by atoms with E-state index in [0.717, 1.165) is 40.3 Å². The summed E-state index contributed by atoms with van der Waals surface area (Å²) < 4.78 is 44.7. The fourth-order valence-electron chi connectivity index (χ4n) is 3.83. The van der Waals surface area contributed by atoms with Crippen LogP contribution in [0.25, 0.3) is 0 Å². The molecule has 4 rings (SSSR count). The first-order valence-electron chi connectivity index (χ1n) is 11.9. The highest BCUT2D eigenvalue weighted by atomic mass is 19.4. The van der Waals surface area contributed by atoms with Crippen molar-refractivity contribution in [3.05, 3.63) is 94.6 Å². The Morgan fingerprint density at radius 2 is 1.83 bits per heavy atom. The average molecular weight is 495 g/mol. The van der Waals surface area contributed by atoms with E-state index in [4.69, 9.17) is 14.7 Å². The number of alkyl halides is 3. The Morgan fingerprint density at radius 3 is 2.53 bits per heavy atom. The number of anilines is 1. The highest BCUT2D eigenvalue weighted by Crippen LogP contribution is 2.31. The van der Waals surface area contributed by atoms with E-state index in [0.29, 0.717) is 49.2 Å². The number of fused-ring (bicyclic) bond motifs is 1. The topological polar surface area (TPSA) is 59.4 Å². The van der Waals surface area contributed by atoms with E-state index >= 15 is 0 Å². The van der Waals surface area contributed by atoms with Gasteiger partial charge in [0, 0.05) is 54.0 Å². The number of aromatic nitrogens is 2. The first kappa shape index (κ1) is 25.6. The smallest absolute Gasteiger partial charge is 0.375 e. The fraction of sp³-hybridized carbons (Fsp3) is 0.321. The number of aliphatic imine (C=N–C) groups is 1. The molecule has 0 saturated heterocycles. The van der Waals surface area contributed by atoms with Gasteiger partial charge in [0.15, 0.2) is 5.82 Å². The minimum absolute atomic E-state index is 0.307. The minimum Gasteiger partial charge on any atom is -0.375 e. The van der Waals surface area contributed by atoms with E-state index in [1.54, 1.807) is 6.20 Å². The van der Waals surface area contributed by atoms with Crippen LogP contribution >= 0.6 is 0 Å². The fourth-order valence-corrected chi connectivity index (χ4v) is 3.83. The van der Waals surface area contributed by atoms with E-state index in [2.05, 4.69) is 24.1 Å². The van der Waals surface area contributed by atoms with Crippen molar-refractivity contribution in [2.45, 2.75) is 39.8 Å². The van der Waals surface area contributed by atoms with Gasteiger partial charge in [-0.2, -0.15) is 13.2 Å². The Morgan fingerprint density at radius 1 is 1.06 bits per heavy atom. The van der Waals surface area contributed by atoms with Gasteiger partial charge in [-0.15, -0.1) is 0 Å². The zero-order chi connectivity index (χ0) is 25.7. The Balaban J connectivity index is 1.59. The van der Waals surface area contributed by atoms with Crippen LogP contribution in [0.4, 0.5) is 24.7 Å². The molecule has 0 unspecified atom stereocenters. The molecular weight excluding hydrogens is 465 g/mol. The van der Waals surface area contributed by atoms with Crippen molar-refractivity contribution in [1.29, 1.82) is 0 Å². The maximum Gasteiger partial charge on any atom is 0.416 e. The van der Waals surface area contributed by atoms with Gasteiger partial charge in [0.05, 0.1) is 17.9 Å². The largest absolute Gasteiger partial charge is 0.416 e. The molecule has 188 valence electrons. The zero-order valence-corrected chi connectivity index (χ0v) is 20.6. The van der Waals surface area contributed by atoms with Crippen LogP contribution in [0.3, 0.4) is 0 Å². The predicted octanol–water partition coefficient (Wildman–Crippen LogP) is 6.69. The quantitative estimate of drug-likeness (QED) is 0.379. The number of rotatable bonds is 8. The van der Waals surface area contributed by atoms with Gasteiger partial charge in [0.2, 0.25) is 0 Å². The summed E-state index contributed by atoms with van der Waals surface area (Å²) in [6.45, 7) is 7.07. The maximum atomic E-state index is 12.9. The molecule has 3 aromatic rings. The molecular formula is C28H29F3N4O. The molecule has 1 aliphatic rings. The van der Waals surface area contributed by atoms with Crippen LogP contribution in [0.15, 0.2) is 71.5 Å². The van der Waals surface area contributed by atoms with Crippen molar-refractivity contribution in [3.63, 3.8) is 0 Å². The average Bonchev–Trinajstić information content (AvgIpc) is 2.98. The van der Waals surface area contributed by atoms with Crippen LogP contribution in [-0.4, -0.2) is 28.9 Å². The normalized spacial score (nSPS) is 13.6. The van der Waals surface area contributed by atoms with Crippen LogP contribution in [0, 0.1) is 12.8 Å². The molecule has 0 saturated carbocycles. The lowest BCUT2D eigenvalue weighted by Gasteiger charge is -2.13. The van der Waals surface area contributed by atoms with Gasteiger partial charge in [-0.05, 0) is 60.9 Å². The minimum atomic E-state index is -4.37. The summed E-state index contributed by atoms with van der Waals surface area (Å²) >= 11 is 0. The van der Waals surface area contributed by atoms with Crippen molar-refractivity contribution < 1.29 is 17.9 Å². The Kier molecular flexibility index (Phi) is 7.84. The lowest BCUT2D eigenvalue weighted by atomic mass is 10.1. The number of hydrogen-bond acceptors (Lipinski definition) is 5. The van der Waals surface area contributed by atoms with Gasteiger partial charge in [-0.3, -0.25) is 4.98 Å². The predicted molar refractivity (Wildman–Crippen MR) is 136 cm³/mol. The third-order valence-electron chi connectivity index (χ3n) is 5.67. The molecule has 1 aromatic carbocycles. The van der Waals surface area contributed by atoms with Gasteiger partial charge >= 0.3 is 6.18 Å². The summed E-state index contributed by atoms with van der Waals surface area (Å²) in [4.78, 5) is 14.1. The van der Waals surface area contributed by atoms with Crippen molar-refractivity contribution in [3.8, 4) is 0 Å². The summed E-state index contributed by atoms with van der Waals surface area (Å²) in [5.41, 5.74) is 5.23. The Hall–Kier alpha value is -3.52. The van der Waals surface area contributed by atoms with Crippen molar-refractivity contribution in [2.24, 2.45) is 10.9 Å². The SMILES string of the molecule is Cc1cccnc1Cc1ccc2c(n1)N=C(COCC(C)C)C=C(Nc1ccc(C(F)(F)F)cc1)C2. The van der Waals surface area contributed by atoms with E-state index in [1.165, 1.54) is 12.1 Å².